The van der Waals surface area contributed by atoms with Crippen molar-refractivity contribution in [3.05, 3.63) is 30.1 Å². The normalized spacial score (nSPS) is 18.5. The predicted molar refractivity (Wildman–Crippen MR) is 81.9 cm³/mol. The highest BCUT2D eigenvalue weighted by atomic mass is 32.2. The molecule has 0 saturated carbocycles. The van der Waals surface area contributed by atoms with E-state index < -0.39 is 9.84 Å². The van der Waals surface area contributed by atoms with Gasteiger partial charge in [0.15, 0.2) is 5.82 Å². The molecule has 2 heterocycles. The first-order chi connectivity index (χ1) is 10.0. The molecular formula is C14H18N4O2S. The minimum absolute atomic E-state index is 0.176. The molecule has 0 atom stereocenters. The number of benzene rings is 1. The quantitative estimate of drug-likeness (QED) is 0.902. The second kappa shape index (κ2) is 5.48. The molecule has 0 amide bonds. The first-order valence-electron chi connectivity index (χ1n) is 6.99. The second-order valence-corrected chi connectivity index (χ2v) is 7.66. The SMILES string of the molecule is Cc1nc(-c2ccccc2NC2CCS(=O)(=O)CC2)n[nH]1. The second-order valence-electron chi connectivity index (χ2n) is 5.36. The zero-order valence-electron chi connectivity index (χ0n) is 11.8. The van der Waals surface area contributed by atoms with Crippen LogP contribution in [0.1, 0.15) is 18.7 Å². The summed E-state index contributed by atoms with van der Waals surface area (Å²) < 4.78 is 23.0. The molecule has 0 radical (unpaired) electrons. The molecular weight excluding hydrogens is 288 g/mol. The summed E-state index contributed by atoms with van der Waals surface area (Å²) in [5.74, 6) is 1.93. The smallest absolute Gasteiger partial charge is 0.183 e. The summed E-state index contributed by atoms with van der Waals surface area (Å²) >= 11 is 0. The molecule has 0 spiro atoms. The topological polar surface area (TPSA) is 87.7 Å². The van der Waals surface area contributed by atoms with Crippen LogP contribution in [-0.4, -0.2) is 41.1 Å². The molecule has 0 unspecified atom stereocenters. The van der Waals surface area contributed by atoms with Crippen LogP contribution in [0.25, 0.3) is 11.4 Å². The molecule has 3 rings (SSSR count). The first kappa shape index (κ1) is 14.1. The van der Waals surface area contributed by atoms with Crippen molar-refractivity contribution in [2.75, 3.05) is 16.8 Å². The number of nitrogens with one attached hydrogen (secondary N) is 2. The molecule has 1 aromatic heterocycles. The number of rotatable bonds is 3. The van der Waals surface area contributed by atoms with Crippen molar-refractivity contribution < 1.29 is 8.42 Å². The van der Waals surface area contributed by atoms with E-state index in [1.165, 1.54) is 0 Å². The number of nitrogens with zero attached hydrogens (tertiary/aromatic N) is 2. The highest BCUT2D eigenvalue weighted by molar-refractivity contribution is 7.91. The molecule has 6 nitrogen and oxygen atoms in total. The number of sulfone groups is 1. The highest BCUT2D eigenvalue weighted by Gasteiger charge is 2.24. The van der Waals surface area contributed by atoms with Gasteiger partial charge in [-0.05, 0) is 31.9 Å². The van der Waals surface area contributed by atoms with Gasteiger partial charge in [-0.15, -0.1) is 0 Å². The number of H-pyrrole nitrogens is 1. The molecule has 112 valence electrons. The van der Waals surface area contributed by atoms with Crippen molar-refractivity contribution in [3.8, 4) is 11.4 Å². The standard InChI is InChI=1S/C14H18N4O2S/c1-10-15-14(18-17-10)12-4-2-3-5-13(12)16-11-6-8-21(19,20)9-7-11/h2-5,11,16H,6-9H2,1H3,(H,15,17,18). The largest absolute Gasteiger partial charge is 0.382 e. The van der Waals surface area contributed by atoms with E-state index in [9.17, 15) is 8.42 Å². The molecule has 1 fully saturated rings. The van der Waals surface area contributed by atoms with E-state index in [-0.39, 0.29) is 17.5 Å². The molecule has 0 aliphatic carbocycles. The Bertz CT molecular complexity index is 725. The lowest BCUT2D eigenvalue weighted by molar-refractivity contribution is 0.559. The van der Waals surface area contributed by atoms with Crippen LogP contribution in [0, 0.1) is 6.92 Å². The van der Waals surface area contributed by atoms with E-state index >= 15 is 0 Å². The number of aromatic nitrogens is 3. The Morgan fingerprint density at radius 3 is 2.62 bits per heavy atom. The van der Waals surface area contributed by atoms with Crippen LogP contribution in [0.2, 0.25) is 0 Å². The molecule has 2 aromatic rings. The Kier molecular flexibility index (Phi) is 3.67. The maximum atomic E-state index is 11.5. The van der Waals surface area contributed by atoms with Gasteiger partial charge in [0, 0.05) is 17.3 Å². The van der Waals surface area contributed by atoms with Gasteiger partial charge in [-0.3, -0.25) is 5.10 Å². The summed E-state index contributed by atoms with van der Waals surface area (Å²) in [7, 11) is -2.84. The minimum Gasteiger partial charge on any atom is -0.382 e. The van der Waals surface area contributed by atoms with Crippen LogP contribution in [0.5, 0.6) is 0 Å². The van der Waals surface area contributed by atoms with Gasteiger partial charge < -0.3 is 5.32 Å². The molecule has 7 heteroatoms. The Balaban J connectivity index is 1.80. The van der Waals surface area contributed by atoms with E-state index in [1.807, 2.05) is 31.2 Å². The summed E-state index contributed by atoms with van der Waals surface area (Å²) in [4.78, 5) is 4.36. The Morgan fingerprint density at radius 2 is 1.95 bits per heavy atom. The van der Waals surface area contributed by atoms with Gasteiger partial charge in [0.05, 0.1) is 11.5 Å². The zero-order valence-corrected chi connectivity index (χ0v) is 12.7. The van der Waals surface area contributed by atoms with E-state index in [4.69, 9.17) is 0 Å². The van der Waals surface area contributed by atoms with Gasteiger partial charge in [-0.2, -0.15) is 5.10 Å². The number of para-hydroxylation sites is 1. The summed E-state index contributed by atoms with van der Waals surface area (Å²) in [6, 6.07) is 8.01. The lowest BCUT2D eigenvalue weighted by Crippen LogP contribution is -2.32. The molecule has 0 bridgehead atoms. The number of hydrogen-bond acceptors (Lipinski definition) is 5. The van der Waals surface area contributed by atoms with Crippen molar-refractivity contribution in [2.45, 2.75) is 25.8 Å². The zero-order chi connectivity index (χ0) is 14.9. The minimum atomic E-state index is -2.84. The van der Waals surface area contributed by atoms with Crippen molar-refractivity contribution in [3.63, 3.8) is 0 Å². The van der Waals surface area contributed by atoms with Crippen LogP contribution in [0.3, 0.4) is 0 Å². The van der Waals surface area contributed by atoms with Gasteiger partial charge in [0.2, 0.25) is 0 Å². The monoisotopic (exact) mass is 306 g/mol. The van der Waals surface area contributed by atoms with Gasteiger partial charge >= 0.3 is 0 Å². The number of anilines is 1. The fraction of sp³-hybridized carbons (Fsp3) is 0.429. The molecule has 2 N–H and O–H groups in total. The van der Waals surface area contributed by atoms with Crippen LogP contribution in [-0.2, 0) is 9.84 Å². The average molecular weight is 306 g/mol. The van der Waals surface area contributed by atoms with Gasteiger partial charge in [-0.25, -0.2) is 13.4 Å². The summed E-state index contributed by atoms with van der Waals surface area (Å²) in [5.41, 5.74) is 1.87. The highest BCUT2D eigenvalue weighted by Crippen LogP contribution is 2.27. The molecule has 1 aliphatic rings. The maximum Gasteiger partial charge on any atom is 0.183 e. The fourth-order valence-corrected chi connectivity index (χ4v) is 4.01. The maximum absolute atomic E-state index is 11.5. The average Bonchev–Trinajstić information content (AvgIpc) is 2.88. The third-order valence-electron chi connectivity index (χ3n) is 3.68. The van der Waals surface area contributed by atoms with E-state index in [0.717, 1.165) is 17.1 Å². The molecule has 1 aromatic carbocycles. The van der Waals surface area contributed by atoms with Crippen LogP contribution in [0.4, 0.5) is 5.69 Å². The van der Waals surface area contributed by atoms with Crippen molar-refractivity contribution in [2.24, 2.45) is 0 Å². The Hall–Kier alpha value is -1.89. The first-order valence-corrected chi connectivity index (χ1v) is 8.81. The number of aromatic amines is 1. The Morgan fingerprint density at radius 1 is 1.24 bits per heavy atom. The summed E-state index contributed by atoms with van der Waals surface area (Å²) in [6.45, 7) is 1.86. The summed E-state index contributed by atoms with van der Waals surface area (Å²) in [6.07, 6.45) is 1.29. The fourth-order valence-electron chi connectivity index (χ4n) is 2.52. The van der Waals surface area contributed by atoms with Crippen molar-refractivity contribution in [1.82, 2.24) is 15.2 Å². The van der Waals surface area contributed by atoms with E-state index in [2.05, 4.69) is 20.5 Å². The van der Waals surface area contributed by atoms with Crippen molar-refractivity contribution >= 4 is 15.5 Å². The van der Waals surface area contributed by atoms with Gasteiger partial charge in [0.1, 0.15) is 15.7 Å². The van der Waals surface area contributed by atoms with Crippen LogP contribution < -0.4 is 5.32 Å². The number of aryl methyl sites for hydroxylation is 1. The molecule has 1 aliphatic heterocycles. The summed E-state index contributed by atoms with van der Waals surface area (Å²) in [5, 5.41) is 10.5. The molecule has 21 heavy (non-hydrogen) atoms. The Labute approximate surface area is 123 Å². The van der Waals surface area contributed by atoms with Crippen LogP contribution >= 0.6 is 0 Å². The lowest BCUT2D eigenvalue weighted by atomic mass is 10.1. The third-order valence-corrected chi connectivity index (χ3v) is 5.39. The van der Waals surface area contributed by atoms with Crippen LogP contribution in [0.15, 0.2) is 24.3 Å². The molecule has 1 saturated heterocycles. The number of hydrogen-bond donors (Lipinski definition) is 2. The van der Waals surface area contributed by atoms with Gasteiger partial charge in [0.25, 0.3) is 0 Å². The van der Waals surface area contributed by atoms with E-state index in [0.29, 0.717) is 18.7 Å². The van der Waals surface area contributed by atoms with Crippen molar-refractivity contribution in [1.29, 1.82) is 0 Å². The van der Waals surface area contributed by atoms with Gasteiger partial charge in [-0.1, -0.05) is 12.1 Å². The van der Waals surface area contributed by atoms with E-state index in [1.54, 1.807) is 0 Å². The lowest BCUT2D eigenvalue weighted by Gasteiger charge is -2.24. The predicted octanol–water partition coefficient (Wildman–Crippen LogP) is 1.77. The third kappa shape index (κ3) is 3.24.